The normalized spacial score (nSPS) is 11.0. The number of aliphatic hydroxyl groups is 1. The molecule has 0 unspecified atom stereocenters. The van der Waals surface area contributed by atoms with Crippen molar-refractivity contribution >= 4 is 17.6 Å². The van der Waals surface area contributed by atoms with Gasteiger partial charge in [0.05, 0.1) is 6.54 Å². The van der Waals surface area contributed by atoms with Crippen LogP contribution >= 0.6 is 0 Å². The summed E-state index contributed by atoms with van der Waals surface area (Å²) in [5.41, 5.74) is 6.46. The van der Waals surface area contributed by atoms with Crippen LogP contribution in [0.4, 0.5) is 22.0 Å². The number of nitrogens with zero attached hydrogens (tertiary/aromatic N) is 4. The number of aromatic nitrogens is 3. The molecule has 0 aliphatic rings. The standard InChI is InChI=1S/C17H25FN6O/c1-2-3-9-24(10-4-11-25)12-15-21-16(19)23-17(22-15)20-14-7-5-13(18)6-8-14/h5-8,25H,2-4,9-12H2,1H3,(H3,19,20,21,22,23). The highest BCUT2D eigenvalue weighted by atomic mass is 19.1. The molecule has 8 heteroatoms. The fourth-order valence-electron chi connectivity index (χ4n) is 2.37. The Labute approximate surface area is 147 Å². The van der Waals surface area contributed by atoms with Gasteiger partial charge in [0.15, 0.2) is 0 Å². The molecule has 0 fully saturated rings. The number of unbranched alkanes of at least 4 members (excludes halogenated alkanes) is 1. The Kier molecular flexibility index (Phi) is 7.49. The lowest BCUT2D eigenvalue weighted by Gasteiger charge is -2.21. The maximum Gasteiger partial charge on any atom is 0.232 e. The summed E-state index contributed by atoms with van der Waals surface area (Å²) in [6, 6.07) is 5.91. The van der Waals surface area contributed by atoms with Crippen LogP contribution in [0.2, 0.25) is 0 Å². The Morgan fingerprint density at radius 2 is 1.84 bits per heavy atom. The van der Waals surface area contributed by atoms with E-state index in [0.29, 0.717) is 30.4 Å². The van der Waals surface area contributed by atoms with E-state index in [1.807, 2.05) is 0 Å². The van der Waals surface area contributed by atoms with E-state index in [9.17, 15) is 4.39 Å². The number of anilines is 3. The van der Waals surface area contributed by atoms with Crippen LogP contribution in [0.25, 0.3) is 0 Å². The predicted octanol–water partition coefficient (Wildman–Crippen LogP) is 2.32. The predicted molar refractivity (Wildman–Crippen MR) is 95.8 cm³/mol. The van der Waals surface area contributed by atoms with Gasteiger partial charge in [0, 0.05) is 18.8 Å². The average molecular weight is 348 g/mol. The third kappa shape index (κ3) is 6.60. The molecule has 0 bridgehead atoms. The number of rotatable bonds is 10. The molecule has 136 valence electrons. The third-order valence-electron chi connectivity index (χ3n) is 3.62. The van der Waals surface area contributed by atoms with Gasteiger partial charge in [0.25, 0.3) is 0 Å². The fourth-order valence-corrected chi connectivity index (χ4v) is 2.37. The lowest BCUT2D eigenvalue weighted by Crippen LogP contribution is -2.27. The van der Waals surface area contributed by atoms with E-state index < -0.39 is 0 Å². The molecule has 2 aromatic rings. The number of nitrogens with one attached hydrogen (secondary N) is 1. The fraction of sp³-hybridized carbons (Fsp3) is 0.471. The molecule has 1 aromatic heterocycles. The minimum Gasteiger partial charge on any atom is -0.396 e. The first-order chi connectivity index (χ1) is 12.1. The molecule has 0 amide bonds. The summed E-state index contributed by atoms with van der Waals surface area (Å²) >= 11 is 0. The van der Waals surface area contributed by atoms with Crippen LogP contribution in [0.15, 0.2) is 24.3 Å². The van der Waals surface area contributed by atoms with Crippen molar-refractivity contribution in [1.82, 2.24) is 19.9 Å². The van der Waals surface area contributed by atoms with Gasteiger partial charge < -0.3 is 16.2 Å². The van der Waals surface area contributed by atoms with Crippen molar-refractivity contribution in [3.8, 4) is 0 Å². The number of nitrogen functional groups attached to an aromatic ring is 1. The number of benzene rings is 1. The second-order valence-electron chi connectivity index (χ2n) is 5.77. The molecular weight excluding hydrogens is 323 g/mol. The van der Waals surface area contributed by atoms with Gasteiger partial charge in [0.1, 0.15) is 11.6 Å². The van der Waals surface area contributed by atoms with Gasteiger partial charge in [-0.25, -0.2) is 4.39 Å². The maximum absolute atomic E-state index is 13.0. The molecule has 1 heterocycles. The van der Waals surface area contributed by atoms with Crippen molar-refractivity contribution in [2.24, 2.45) is 0 Å². The van der Waals surface area contributed by atoms with E-state index in [1.54, 1.807) is 12.1 Å². The van der Waals surface area contributed by atoms with Crippen molar-refractivity contribution in [3.63, 3.8) is 0 Å². The van der Waals surface area contributed by atoms with Crippen LogP contribution in [-0.2, 0) is 6.54 Å². The van der Waals surface area contributed by atoms with Crippen LogP contribution in [0.1, 0.15) is 32.0 Å². The van der Waals surface area contributed by atoms with Crippen LogP contribution < -0.4 is 11.1 Å². The first-order valence-corrected chi connectivity index (χ1v) is 8.47. The molecule has 0 saturated carbocycles. The molecule has 2 rings (SSSR count). The highest BCUT2D eigenvalue weighted by molar-refractivity contribution is 5.53. The Bertz CT molecular complexity index is 644. The van der Waals surface area contributed by atoms with Crippen molar-refractivity contribution in [2.75, 3.05) is 30.7 Å². The number of hydrogen-bond acceptors (Lipinski definition) is 7. The number of halogens is 1. The van der Waals surface area contributed by atoms with Crippen molar-refractivity contribution in [2.45, 2.75) is 32.7 Å². The second-order valence-corrected chi connectivity index (χ2v) is 5.77. The van der Waals surface area contributed by atoms with Gasteiger partial charge in [-0.2, -0.15) is 15.0 Å². The molecule has 1 aromatic carbocycles. The van der Waals surface area contributed by atoms with Gasteiger partial charge >= 0.3 is 0 Å². The van der Waals surface area contributed by atoms with E-state index >= 15 is 0 Å². The monoisotopic (exact) mass is 348 g/mol. The van der Waals surface area contributed by atoms with E-state index in [4.69, 9.17) is 10.8 Å². The summed E-state index contributed by atoms with van der Waals surface area (Å²) in [4.78, 5) is 14.9. The summed E-state index contributed by atoms with van der Waals surface area (Å²) in [6.07, 6.45) is 2.85. The summed E-state index contributed by atoms with van der Waals surface area (Å²) in [5.74, 6) is 0.710. The van der Waals surface area contributed by atoms with E-state index in [0.717, 1.165) is 25.9 Å². The average Bonchev–Trinajstić information content (AvgIpc) is 2.59. The minimum absolute atomic E-state index is 0.132. The molecule has 4 N–H and O–H groups in total. The summed E-state index contributed by atoms with van der Waals surface area (Å²) in [5, 5.41) is 12.1. The molecule has 0 aliphatic heterocycles. The van der Waals surface area contributed by atoms with Crippen molar-refractivity contribution < 1.29 is 9.50 Å². The first kappa shape index (κ1) is 19.0. The highest BCUT2D eigenvalue weighted by Gasteiger charge is 2.10. The second kappa shape index (κ2) is 9.85. The van der Waals surface area contributed by atoms with Gasteiger partial charge in [0.2, 0.25) is 11.9 Å². The zero-order valence-corrected chi connectivity index (χ0v) is 14.5. The zero-order valence-electron chi connectivity index (χ0n) is 14.5. The maximum atomic E-state index is 13.0. The van der Waals surface area contributed by atoms with Gasteiger partial charge in [-0.3, -0.25) is 4.90 Å². The summed E-state index contributed by atoms with van der Waals surface area (Å²) in [6.45, 7) is 4.49. The SMILES string of the molecule is CCCCN(CCCO)Cc1nc(N)nc(Nc2ccc(F)cc2)n1. The highest BCUT2D eigenvalue weighted by Crippen LogP contribution is 2.15. The molecule has 0 atom stereocenters. The lowest BCUT2D eigenvalue weighted by molar-refractivity contribution is 0.213. The van der Waals surface area contributed by atoms with Gasteiger partial charge in [-0.1, -0.05) is 13.3 Å². The van der Waals surface area contributed by atoms with Gasteiger partial charge in [-0.15, -0.1) is 0 Å². The van der Waals surface area contributed by atoms with Crippen LogP contribution in [-0.4, -0.2) is 44.7 Å². The number of nitrogens with two attached hydrogens (primary N) is 1. The van der Waals surface area contributed by atoms with E-state index in [-0.39, 0.29) is 18.4 Å². The number of aliphatic hydroxyl groups excluding tert-OH is 1. The van der Waals surface area contributed by atoms with Crippen LogP contribution in [0, 0.1) is 5.82 Å². The Morgan fingerprint density at radius 3 is 2.52 bits per heavy atom. The molecule has 0 saturated heterocycles. The van der Waals surface area contributed by atoms with E-state index in [1.165, 1.54) is 12.1 Å². The summed E-state index contributed by atoms with van der Waals surface area (Å²) in [7, 11) is 0. The Morgan fingerprint density at radius 1 is 1.12 bits per heavy atom. The third-order valence-corrected chi connectivity index (χ3v) is 3.62. The Balaban J connectivity index is 2.08. The van der Waals surface area contributed by atoms with E-state index in [2.05, 4.69) is 32.1 Å². The molecule has 7 nitrogen and oxygen atoms in total. The molecule has 0 radical (unpaired) electrons. The quantitative estimate of drug-likeness (QED) is 0.606. The van der Waals surface area contributed by atoms with Crippen molar-refractivity contribution in [1.29, 1.82) is 0 Å². The molecule has 0 aliphatic carbocycles. The largest absolute Gasteiger partial charge is 0.396 e. The summed E-state index contributed by atoms with van der Waals surface area (Å²) < 4.78 is 13.0. The smallest absolute Gasteiger partial charge is 0.232 e. The Hall–Kier alpha value is -2.32. The van der Waals surface area contributed by atoms with Gasteiger partial charge in [-0.05, 0) is 43.7 Å². The topological polar surface area (TPSA) is 100 Å². The molecule has 0 spiro atoms. The lowest BCUT2D eigenvalue weighted by atomic mass is 10.3. The molecule has 25 heavy (non-hydrogen) atoms. The zero-order chi connectivity index (χ0) is 18.1. The van der Waals surface area contributed by atoms with Crippen molar-refractivity contribution in [3.05, 3.63) is 35.9 Å². The minimum atomic E-state index is -0.308. The number of hydrogen-bond donors (Lipinski definition) is 3. The van der Waals surface area contributed by atoms with Crippen LogP contribution in [0.5, 0.6) is 0 Å². The first-order valence-electron chi connectivity index (χ1n) is 8.47. The molecular formula is C17H25FN6O. The van der Waals surface area contributed by atoms with Crippen LogP contribution in [0.3, 0.4) is 0 Å².